The zero-order valence-corrected chi connectivity index (χ0v) is 12.7. The molecule has 1 aromatic carbocycles. The third-order valence-electron chi connectivity index (χ3n) is 2.99. The predicted molar refractivity (Wildman–Crippen MR) is 81.2 cm³/mol. The van der Waals surface area contributed by atoms with Crippen LogP contribution >= 0.6 is 0 Å². The molecule has 0 atom stereocenters. The lowest BCUT2D eigenvalue weighted by molar-refractivity contribution is 0.0462. The molecule has 0 spiro atoms. The van der Waals surface area contributed by atoms with E-state index in [0.717, 1.165) is 25.7 Å². The Balaban J connectivity index is 2.72. The zero-order chi connectivity index (χ0) is 15.7. The third kappa shape index (κ3) is 5.45. The molecule has 5 nitrogen and oxygen atoms in total. The molecule has 0 bridgehead atoms. The van der Waals surface area contributed by atoms with Crippen molar-refractivity contribution in [2.45, 2.75) is 39.5 Å². The van der Waals surface area contributed by atoms with Crippen LogP contribution < -0.4 is 5.73 Å². The number of carbonyl (C=O) groups excluding carboxylic acids is 2. The SMILES string of the molecule is CCCCCCOC(=O)c1ccc(N)cc1C(=O)OCC. The van der Waals surface area contributed by atoms with Crippen LogP contribution in [-0.2, 0) is 9.47 Å². The third-order valence-corrected chi connectivity index (χ3v) is 2.99. The lowest BCUT2D eigenvalue weighted by atomic mass is 10.1. The molecule has 0 saturated carbocycles. The van der Waals surface area contributed by atoms with Gasteiger partial charge in [0.15, 0.2) is 0 Å². The van der Waals surface area contributed by atoms with Gasteiger partial charge in [-0.15, -0.1) is 0 Å². The number of esters is 2. The average molecular weight is 293 g/mol. The second-order valence-corrected chi connectivity index (χ2v) is 4.72. The quantitative estimate of drug-likeness (QED) is 0.452. The first-order chi connectivity index (χ1) is 10.1. The van der Waals surface area contributed by atoms with E-state index in [0.29, 0.717) is 12.3 Å². The van der Waals surface area contributed by atoms with Crippen LogP contribution in [-0.4, -0.2) is 25.2 Å². The van der Waals surface area contributed by atoms with Crippen molar-refractivity contribution in [3.8, 4) is 0 Å². The van der Waals surface area contributed by atoms with Gasteiger partial charge in [0.05, 0.1) is 24.3 Å². The molecule has 0 aromatic heterocycles. The topological polar surface area (TPSA) is 78.6 Å². The molecule has 0 aliphatic carbocycles. The molecule has 0 fully saturated rings. The van der Waals surface area contributed by atoms with Crippen LogP contribution in [0, 0.1) is 0 Å². The minimum absolute atomic E-state index is 0.149. The summed E-state index contributed by atoms with van der Waals surface area (Å²) in [6.45, 7) is 4.41. The first-order valence-electron chi connectivity index (χ1n) is 7.33. The van der Waals surface area contributed by atoms with Crippen molar-refractivity contribution in [3.05, 3.63) is 29.3 Å². The highest BCUT2D eigenvalue weighted by molar-refractivity contribution is 6.03. The van der Waals surface area contributed by atoms with Crippen molar-refractivity contribution in [3.63, 3.8) is 0 Å². The molecular formula is C16H23NO4. The second kappa shape index (κ2) is 9.00. The van der Waals surface area contributed by atoms with Crippen LogP contribution in [0.1, 0.15) is 60.2 Å². The van der Waals surface area contributed by atoms with Gasteiger partial charge in [-0.2, -0.15) is 0 Å². The van der Waals surface area contributed by atoms with Crippen LogP contribution in [0.5, 0.6) is 0 Å². The minimum Gasteiger partial charge on any atom is -0.462 e. The molecule has 5 heteroatoms. The normalized spacial score (nSPS) is 10.2. The van der Waals surface area contributed by atoms with Crippen molar-refractivity contribution in [2.24, 2.45) is 0 Å². The van der Waals surface area contributed by atoms with Crippen molar-refractivity contribution in [2.75, 3.05) is 18.9 Å². The number of anilines is 1. The van der Waals surface area contributed by atoms with E-state index in [9.17, 15) is 9.59 Å². The standard InChI is InChI=1S/C16H23NO4/c1-3-5-6-7-10-21-15(18)13-9-8-12(17)11-14(13)16(19)20-4-2/h8-9,11H,3-7,10,17H2,1-2H3. The summed E-state index contributed by atoms with van der Waals surface area (Å²) >= 11 is 0. The van der Waals surface area contributed by atoms with Gasteiger partial charge < -0.3 is 15.2 Å². The highest BCUT2D eigenvalue weighted by Gasteiger charge is 2.19. The first-order valence-corrected chi connectivity index (χ1v) is 7.33. The van der Waals surface area contributed by atoms with Gasteiger partial charge in [-0.1, -0.05) is 26.2 Å². The van der Waals surface area contributed by atoms with Gasteiger partial charge in [-0.3, -0.25) is 0 Å². The second-order valence-electron chi connectivity index (χ2n) is 4.72. The van der Waals surface area contributed by atoms with E-state index in [2.05, 4.69) is 6.92 Å². The van der Waals surface area contributed by atoms with Crippen molar-refractivity contribution in [1.29, 1.82) is 0 Å². The molecule has 0 saturated heterocycles. The molecule has 0 aliphatic rings. The Hall–Kier alpha value is -2.04. The molecule has 2 N–H and O–H groups in total. The number of hydrogen-bond donors (Lipinski definition) is 1. The van der Waals surface area contributed by atoms with Crippen molar-refractivity contribution < 1.29 is 19.1 Å². The largest absolute Gasteiger partial charge is 0.462 e. The van der Waals surface area contributed by atoms with E-state index >= 15 is 0 Å². The van der Waals surface area contributed by atoms with E-state index in [1.54, 1.807) is 13.0 Å². The summed E-state index contributed by atoms with van der Waals surface area (Å²) in [5.41, 5.74) is 6.40. The summed E-state index contributed by atoms with van der Waals surface area (Å²) in [5, 5.41) is 0. The van der Waals surface area contributed by atoms with Gasteiger partial charge in [0, 0.05) is 5.69 Å². The van der Waals surface area contributed by atoms with Gasteiger partial charge >= 0.3 is 11.9 Å². The number of benzene rings is 1. The molecule has 0 amide bonds. The Labute approximate surface area is 125 Å². The Morgan fingerprint density at radius 3 is 2.38 bits per heavy atom. The average Bonchev–Trinajstić information content (AvgIpc) is 2.47. The maximum absolute atomic E-state index is 12.0. The monoisotopic (exact) mass is 293 g/mol. The lowest BCUT2D eigenvalue weighted by Crippen LogP contribution is -2.15. The molecule has 0 unspecified atom stereocenters. The van der Waals surface area contributed by atoms with E-state index in [4.69, 9.17) is 15.2 Å². The number of hydrogen-bond acceptors (Lipinski definition) is 5. The highest BCUT2D eigenvalue weighted by atomic mass is 16.5. The molecule has 0 heterocycles. The summed E-state index contributed by atoms with van der Waals surface area (Å²) in [4.78, 5) is 23.9. The summed E-state index contributed by atoms with van der Waals surface area (Å²) in [7, 11) is 0. The summed E-state index contributed by atoms with van der Waals surface area (Å²) in [5.74, 6) is -1.09. The summed E-state index contributed by atoms with van der Waals surface area (Å²) in [6.07, 6.45) is 4.09. The van der Waals surface area contributed by atoms with Gasteiger partial charge in [-0.05, 0) is 31.5 Å². The van der Waals surface area contributed by atoms with E-state index in [1.807, 2.05) is 0 Å². The zero-order valence-electron chi connectivity index (χ0n) is 12.7. The molecule has 21 heavy (non-hydrogen) atoms. The Morgan fingerprint density at radius 2 is 1.71 bits per heavy atom. The number of nitrogen functional groups attached to an aromatic ring is 1. The highest BCUT2D eigenvalue weighted by Crippen LogP contribution is 2.16. The van der Waals surface area contributed by atoms with Gasteiger partial charge in [-0.25, -0.2) is 9.59 Å². The Kier molecular flexibility index (Phi) is 7.29. The van der Waals surface area contributed by atoms with Crippen LogP contribution in [0.3, 0.4) is 0 Å². The van der Waals surface area contributed by atoms with Gasteiger partial charge in [0.2, 0.25) is 0 Å². The molecule has 1 rings (SSSR count). The molecule has 0 radical (unpaired) electrons. The molecule has 1 aromatic rings. The number of unbranched alkanes of at least 4 members (excludes halogenated alkanes) is 3. The van der Waals surface area contributed by atoms with Crippen LogP contribution in [0.4, 0.5) is 5.69 Å². The maximum atomic E-state index is 12.0. The first kappa shape index (κ1) is 17.0. The molecule has 116 valence electrons. The molecular weight excluding hydrogens is 270 g/mol. The van der Waals surface area contributed by atoms with Crippen LogP contribution in [0.2, 0.25) is 0 Å². The number of ether oxygens (including phenoxy) is 2. The summed E-state index contributed by atoms with van der Waals surface area (Å²) < 4.78 is 10.1. The van der Waals surface area contributed by atoms with E-state index in [-0.39, 0.29) is 17.7 Å². The fourth-order valence-corrected chi connectivity index (χ4v) is 1.89. The maximum Gasteiger partial charge on any atom is 0.339 e. The smallest absolute Gasteiger partial charge is 0.339 e. The predicted octanol–water partition coefficient (Wildman–Crippen LogP) is 3.18. The van der Waals surface area contributed by atoms with E-state index < -0.39 is 11.9 Å². The number of rotatable bonds is 8. The van der Waals surface area contributed by atoms with Crippen LogP contribution in [0.25, 0.3) is 0 Å². The van der Waals surface area contributed by atoms with Gasteiger partial charge in [0.1, 0.15) is 0 Å². The summed E-state index contributed by atoms with van der Waals surface area (Å²) in [6, 6.07) is 4.50. The minimum atomic E-state index is -0.567. The van der Waals surface area contributed by atoms with Crippen molar-refractivity contribution >= 4 is 17.6 Å². The number of carbonyl (C=O) groups is 2. The van der Waals surface area contributed by atoms with E-state index in [1.165, 1.54) is 12.1 Å². The number of nitrogens with two attached hydrogens (primary N) is 1. The van der Waals surface area contributed by atoms with Crippen LogP contribution in [0.15, 0.2) is 18.2 Å². The Bertz CT molecular complexity index is 485. The van der Waals surface area contributed by atoms with Crippen molar-refractivity contribution in [1.82, 2.24) is 0 Å². The molecule has 0 aliphatic heterocycles. The fraction of sp³-hybridized carbons (Fsp3) is 0.500. The fourth-order valence-electron chi connectivity index (χ4n) is 1.89. The lowest BCUT2D eigenvalue weighted by Gasteiger charge is -2.10. The Morgan fingerprint density at radius 1 is 1.00 bits per heavy atom. The van der Waals surface area contributed by atoms with Gasteiger partial charge in [0.25, 0.3) is 0 Å².